The summed E-state index contributed by atoms with van der Waals surface area (Å²) < 4.78 is 5.16. The first-order chi connectivity index (χ1) is 9.01. The summed E-state index contributed by atoms with van der Waals surface area (Å²) in [5.74, 6) is 0.893. The van der Waals surface area contributed by atoms with Crippen LogP contribution in [-0.4, -0.2) is 24.4 Å². The Labute approximate surface area is 116 Å². The highest BCUT2D eigenvalue weighted by Gasteiger charge is 2.35. The largest absolute Gasteiger partial charge is 0.497 e. The lowest BCUT2D eigenvalue weighted by Crippen LogP contribution is -2.47. The van der Waals surface area contributed by atoms with E-state index in [9.17, 15) is 5.11 Å². The maximum Gasteiger partial charge on any atom is 0.118 e. The zero-order valence-corrected chi connectivity index (χ0v) is 12.1. The molecule has 0 spiro atoms. The molecule has 1 aromatic rings. The Morgan fingerprint density at radius 3 is 2.53 bits per heavy atom. The smallest absolute Gasteiger partial charge is 0.118 e. The van der Waals surface area contributed by atoms with Gasteiger partial charge in [-0.2, -0.15) is 0 Å². The molecule has 1 aromatic carbocycles. The molecule has 2 atom stereocenters. The second kappa shape index (κ2) is 5.93. The van der Waals surface area contributed by atoms with Crippen LogP contribution in [0.2, 0.25) is 0 Å². The fraction of sp³-hybridized carbons (Fsp3) is 0.625. The fourth-order valence-electron chi connectivity index (χ4n) is 2.96. The van der Waals surface area contributed by atoms with Crippen molar-refractivity contribution in [1.29, 1.82) is 0 Å². The van der Waals surface area contributed by atoms with Gasteiger partial charge in [0.15, 0.2) is 0 Å². The van der Waals surface area contributed by atoms with Crippen molar-refractivity contribution in [3.63, 3.8) is 0 Å². The summed E-state index contributed by atoms with van der Waals surface area (Å²) >= 11 is 0. The van der Waals surface area contributed by atoms with Gasteiger partial charge in [0.2, 0.25) is 0 Å². The van der Waals surface area contributed by atoms with Gasteiger partial charge in [0.1, 0.15) is 5.75 Å². The van der Waals surface area contributed by atoms with Crippen LogP contribution in [0, 0.1) is 5.41 Å². The molecule has 2 N–H and O–H groups in total. The van der Waals surface area contributed by atoms with Gasteiger partial charge in [0, 0.05) is 12.6 Å². The van der Waals surface area contributed by atoms with E-state index in [0.29, 0.717) is 6.04 Å². The van der Waals surface area contributed by atoms with Crippen molar-refractivity contribution in [2.24, 2.45) is 5.41 Å². The third-order valence-electron chi connectivity index (χ3n) is 4.21. The van der Waals surface area contributed by atoms with Crippen molar-refractivity contribution < 1.29 is 9.84 Å². The highest BCUT2D eigenvalue weighted by molar-refractivity contribution is 5.27. The molecular formula is C16H25NO2. The van der Waals surface area contributed by atoms with Gasteiger partial charge >= 0.3 is 0 Å². The first-order valence-electron chi connectivity index (χ1n) is 7.05. The summed E-state index contributed by atoms with van der Waals surface area (Å²) in [5, 5.41) is 13.4. The Hall–Kier alpha value is -1.06. The summed E-state index contributed by atoms with van der Waals surface area (Å²) in [7, 11) is 1.68. The quantitative estimate of drug-likeness (QED) is 0.877. The van der Waals surface area contributed by atoms with Crippen LogP contribution in [-0.2, 0) is 6.54 Å². The number of methoxy groups -OCH3 is 1. The topological polar surface area (TPSA) is 41.5 Å². The molecule has 1 saturated carbocycles. The van der Waals surface area contributed by atoms with Crippen LogP contribution in [0.15, 0.2) is 24.3 Å². The summed E-state index contributed by atoms with van der Waals surface area (Å²) in [4.78, 5) is 0. The van der Waals surface area contributed by atoms with E-state index in [0.717, 1.165) is 31.6 Å². The van der Waals surface area contributed by atoms with Gasteiger partial charge < -0.3 is 15.2 Å². The lowest BCUT2D eigenvalue weighted by Gasteiger charge is -2.41. The number of hydrogen-bond acceptors (Lipinski definition) is 3. The first-order valence-corrected chi connectivity index (χ1v) is 7.05. The van der Waals surface area contributed by atoms with Crippen molar-refractivity contribution in [2.45, 2.75) is 51.8 Å². The van der Waals surface area contributed by atoms with Crippen molar-refractivity contribution in [3.05, 3.63) is 29.8 Å². The molecule has 1 fully saturated rings. The van der Waals surface area contributed by atoms with Crippen molar-refractivity contribution >= 4 is 0 Å². The summed E-state index contributed by atoms with van der Waals surface area (Å²) in [6.45, 7) is 5.34. The second-order valence-corrected chi connectivity index (χ2v) is 6.21. The van der Waals surface area contributed by atoms with E-state index in [1.54, 1.807) is 7.11 Å². The van der Waals surface area contributed by atoms with E-state index >= 15 is 0 Å². The number of aliphatic hydroxyl groups is 1. The van der Waals surface area contributed by atoms with E-state index in [4.69, 9.17) is 4.74 Å². The Morgan fingerprint density at radius 2 is 1.95 bits per heavy atom. The number of hydrogen-bond donors (Lipinski definition) is 2. The zero-order valence-electron chi connectivity index (χ0n) is 12.1. The minimum Gasteiger partial charge on any atom is -0.497 e. The SMILES string of the molecule is COc1ccc(CNC2CCC(O)CC2(C)C)cc1. The van der Waals surface area contributed by atoms with E-state index < -0.39 is 0 Å². The number of nitrogens with one attached hydrogen (secondary N) is 1. The molecule has 3 nitrogen and oxygen atoms in total. The van der Waals surface area contributed by atoms with E-state index in [1.165, 1.54) is 5.56 Å². The molecule has 0 saturated heterocycles. The minimum atomic E-state index is -0.131. The minimum absolute atomic E-state index is 0.131. The monoisotopic (exact) mass is 263 g/mol. The van der Waals surface area contributed by atoms with Gasteiger partial charge in [-0.15, -0.1) is 0 Å². The third kappa shape index (κ3) is 3.71. The molecule has 1 aliphatic rings. The highest BCUT2D eigenvalue weighted by Crippen LogP contribution is 2.35. The van der Waals surface area contributed by atoms with Gasteiger partial charge in [-0.1, -0.05) is 26.0 Å². The van der Waals surface area contributed by atoms with E-state index in [-0.39, 0.29) is 11.5 Å². The summed E-state index contributed by atoms with van der Waals surface area (Å²) in [6, 6.07) is 8.64. The van der Waals surface area contributed by atoms with Crippen LogP contribution in [0.3, 0.4) is 0 Å². The molecule has 0 amide bonds. The first kappa shape index (κ1) is 14.4. The maximum atomic E-state index is 9.76. The molecule has 0 radical (unpaired) electrons. The normalized spacial score (nSPS) is 26.1. The molecule has 106 valence electrons. The average Bonchev–Trinajstić information content (AvgIpc) is 2.37. The lowest BCUT2D eigenvalue weighted by atomic mass is 9.72. The lowest BCUT2D eigenvalue weighted by molar-refractivity contribution is 0.0398. The third-order valence-corrected chi connectivity index (χ3v) is 4.21. The fourth-order valence-corrected chi connectivity index (χ4v) is 2.96. The number of aliphatic hydroxyl groups excluding tert-OH is 1. The van der Waals surface area contributed by atoms with Crippen molar-refractivity contribution in [2.75, 3.05) is 7.11 Å². The van der Waals surface area contributed by atoms with Crippen LogP contribution in [0.4, 0.5) is 0 Å². The molecule has 3 heteroatoms. The number of ether oxygens (including phenoxy) is 1. The zero-order chi connectivity index (χ0) is 13.9. The van der Waals surface area contributed by atoms with Crippen LogP contribution in [0.1, 0.15) is 38.7 Å². The Morgan fingerprint density at radius 1 is 1.26 bits per heavy atom. The second-order valence-electron chi connectivity index (χ2n) is 6.21. The van der Waals surface area contributed by atoms with Gasteiger partial charge in [-0.05, 0) is 42.4 Å². The van der Waals surface area contributed by atoms with E-state index in [1.807, 2.05) is 12.1 Å². The van der Waals surface area contributed by atoms with Gasteiger partial charge in [-0.25, -0.2) is 0 Å². The molecule has 0 heterocycles. The predicted octanol–water partition coefficient (Wildman–Crippen LogP) is 2.72. The molecule has 0 aliphatic heterocycles. The molecule has 1 aliphatic carbocycles. The molecule has 19 heavy (non-hydrogen) atoms. The van der Waals surface area contributed by atoms with Crippen LogP contribution >= 0.6 is 0 Å². The van der Waals surface area contributed by atoms with Gasteiger partial charge in [-0.3, -0.25) is 0 Å². The van der Waals surface area contributed by atoms with Crippen LogP contribution < -0.4 is 10.1 Å². The molecule has 0 bridgehead atoms. The van der Waals surface area contributed by atoms with Crippen molar-refractivity contribution in [1.82, 2.24) is 5.32 Å². The predicted molar refractivity (Wildman–Crippen MR) is 77.3 cm³/mol. The summed E-state index contributed by atoms with van der Waals surface area (Å²) in [6.07, 6.45) is 2.70. The number of rotatable bonds is 4. The molecule has 2 unspecified atom stereocenters. The van der Waals surface area contributed by atoms with Crippen molar-refractivity contribution in [3.8, 4) is 5.75 Å². The van der Waals surface area contributed by atoms with Crippen LogP contribution in [0.25, 0.3) is 0 Å². The van der Waals surface area contributed by atoms with Gasteiger partial charge in [0.25, 0.3) is 0 Å². The number of benzene rings is 1. The van der Waals surface area contributed by atoms with E-state index in [2.05, 4.69) is 31.3 Å². The Balaban J connectivity index is 1.90. The summed E-state index contributed by atoms with van der Waals surface area (Å²) in [5.41, 5.74) is 1.42. The van der Waals surface area contributed by atoms with Gasteiger partial charge in [0.05, 0.1) is 13.2 Å². The Bertz CT molecular complexity index is 400. The average molecular weight is 263 g/mol. The molecule has 2 rings (SSSR count). The van der Waals surface area contributed by atoms with Crippen LogP contribution in [0.5, 0.6) is 5.75 Å². The standard InChI is InChI=1S/C16H25NO2/c1-16(2)10-13(18)6-9-15(16)17-11-12-4-7-14(19-3)8-5-12/h4-5,7-8,13,15,17-18H,6,9-11H2,1-3H3. The molecular weight excluding hydrogens is 238 g/mol. The molecule has 0 aromatic heterocycles. The maximum absolute atomic E-state index is 9.76. The Kier molecular flexibility index (Phi) is 4.48. The highest BCUT2D eigenvalue weighted by atomic mass is 16.5.